The van der Waals surface area contributed by atoms with Crippen molar-refractivity contribution in [3.8, 4) is 0 Å². The topological polar surface area (TPSA) is 74.0 Å². The second kappa shape index (κ2) is 6.23. The van der Waals surface area contributed by atoms with Crippen molar-refractivity contribution in [2.75, 3.05) is 13.1 Å². The third-order valence-electron chi connectivity index (χ3n) is 2.93. The average Bonchev–Trinajstić information content (AvgIpc) is 2.89. The second-order valence-corrected chi connectivity index (χ2v) is 5.16. The first-order chi connectivity index (χ1) is 9.56. The van der Waals surface area contributed by atoms with Crippen molar-refractivity contribution in [2.24, 2.45) is 5.92 Å². The highest BCUT2D eigenvalue weighted by Gasteiger charge is 2.09. The van der Waals surface area contributed by atoms with Crippen LogP contribution in [0.15, 0.2) is 30.5 Å². The molecule has 20 heavy (non-hydrogen) atoms. The van der Waals surface area contributed by atoms with Crippen molar-refractivity contribution in [3.63, 3.8) is 0 Å². The number of rotatable bonds is 5. The third-order valence-corrected chi connectivity index (χ3v) is 2.93. The van der Waals surface area contributed by atoms with Gasteiger partial charge in [-0.3, -0.25) is 9.59 Å². The predicted molar refractivity (Wildman–Crippen MR) is 78.5 cm³/mol. The third kappa shape index (κ3) is 3.60. The maximum absolute atomic E-state index is 11.9. The number of fused-ring (bicyclic) bond motifs is 1. The van der Waals surface area contributed by atoms with Gasteiger partial charge in [0.25, 0.3) is 5.91 Å². The van der Waals surface area contributed by atoms with E-state index >= 15 is 0 Å². The fraction of sp³-hybridized carbons (Fsp3) is 0.333. The standard InChI is InChI=1S/C15H19N3O2/c1-10(2)8-17-14(19)9-18-15(20)12-4-3-11-5-6-16-13(11)7-12/h3-7,10,16H,8-9H2,1-2H3,(H,17,19)(H,18,20). The number of amides is 2. The van der Waals surface area contributed by atoms with Gasteiger partial charge in [0, 0.05) is 23.8 Å². The summed E-state index contributed by atoms with van der Waals surface area (Å²) in [7, 11) is 0. The first-order valence-corrected chi connectivity index (χ1v) is 6.68. The molecule has 3 N–H and O–H groups in total. The molecule has 0 aliphatic heterocycles. The SMILES string of the molecule is CC(C)CNC(=O)CNC(=O)c1ccc2cc[nH]c2c1. The van der Waals surface area contributed by atoms with Gasteiger partial charge in [0.05, 0.1) is 6.54 Å². The van der Waals surface area contributed by atoms with Crippen LogP contribution < -0.4 is 10.6 Å². The summed E-state index contributed by atoms with van der Waals surface area (Å²) in [6, 6.07) is 7.34. The zero-order valence-corrected chi connectivity index (χ0v) is 11.7. The monoisotopic (exact) mass is 273 g/mol. The first-order valence-electron chi connectivity index (χ1n) is 6.68. The molecule has 2 aromatic rings. The van der Waals surface area contributed by atoms with E-state index in [1.54, 1.807) is 12.1 Å². The number of aromatic nitrogens is 1. The van der Waals surface area contributed by atoms with Gasteiger partial charge in [0.1, 0.15) is 0 Å². The zero-order chi connectivity index (χ0) is 14.5. The molecule has 0 unspecified atom stereocenters. The van der Waals surface area contributed by atoms with Crippen LogP contribution in [0.25, 0.3) is 10.9 Å². The lowest BCUT2D eigenvalue weighted by Crippen LogP contribution is -2.38. The van der Waals surface area contributed by atoms with E-state index in [0.717, 1.165) is 10.9 Å². The molecular formula is C15H19N3O2. The Balaban J connectivity index is 1.89. The summed E-state index contributed by atoms with van der Waals surface area (Å²) in [6.07, 6.45) is 1.83. The van der Waals surface area contributed by atoms with Crippen molar-refractivity contribution in [1.29, 1.82) is 0 Å². The van der Waals surface area contributed by atoms with Gasteiger partial charge in [-0.15, -0.1) is 0 Å². The number of hydrogen-bond acceptors (Lipinski definition) is 2. The van der Waals surface area contributed by atoms with Gasteiger partial charge >= 0.3 is 0 Å². The normalized spacial score (nSPS) is 10.8. The van der Waals surface area contributed by atoms with Gasteiger partial charge in [0.15, 0.2) is 0 Å². The highest BCUT2D eigenvalue weighted by Crippen LogP contribution is 2.13. The largest absolute Gasteiger partial charge is 0.361 e. The molecule has 5 heteroatoms. The molecule has 0 bridgehead atoms. The molecule has 0 fully saturated rings. The molecule has 0 radical (unpaired) electrons. The minimum atomic E-state index is -0.249. The Labute approximate surface area is 117 Å². The lowest BCUT2D eigenvalue weighted by atomic mass is 10.1. The summed E-state index contributed by atoms with van der Waals surface area (Å²) in [5.41, 5.74) is 1.44. The van der Waals surface area contributed by atoms with Gasteiger partial charge in [0.2, 0.25) is 5.91 Å². The van der Waals surface area contributed by atoms with Crippen LogP contribution in [0, 0.1) is 5.92 Å². The Morgan fingerprint density at radius 1 is 1.20 bits per heavy atom. The lowest BCUT2D eigenvalue weighted by molar-refractivity contribution is -0.120. The molecule has 1 heterocycles. The summed E-state index contributed by atoms with van der Waals surface area (Å²) >= 11 is 0. The van der Waals surface area contributed by atoms with E-state index in [1.165, 1.54) is 0 Å². The number of carbonyl (C=O) groups is 2. The maximum Gasteiger partial charge on any atom is 0.251 e. The number of nitrogens with one attached hydrogen (secondary N) is 3. The lowest BCUT2D eigenvalue weighted by Gasteiger charge is -2.08. The molecular weight excluding hydrogens is 254 g/mol. The average molecular weight is 273 g/mol. The minimum absolute atomic E-state index is 0.00564. The fourth-order valence-electron chi connectivity index (χ4n) is 1.83. The van der Waals surface area contributed by atoms with Crippen LogP contribution in [-0.4, -0.2) is 29.9 Å². The molecule has 0 spiro atoms. The molecule has 106 valence electrons. The van der Waals surface area contributed by atoms with Crippen LogP contribution in [-0.2, 0) is 4.79 Å². The molecule has 2 rings (SSSR count). The molecule has 0 aliphatic rings. The molecule has 0 atom stereocenters. The highest BCUT2D eigenvalue weighted by atomic mass is 16.2. The molecule has 1 aromatic carbocycles. The van der Waals surface area contributed by atoms with Crippen LogP contribution in [0.1, 0.15) is 24.2 Å². The number of H-pyrrole nitrogens is 1. The van der Waals surface area contributed by atoms with Crippen LogP contribution in [0.2, 0.25) is 0 Å². The molecule has 2 amide bonds. The van der Waals surface area contributed by atoms with Gasteiger partial charge in [-0.25, -0.2) is 0 Å². The van der Waals surface area contributed by atoms with Gasteiger partial charge < -0.3 is 15.6 Å². The van der Waals surface area contributed by atoms with Crippen molar-refractivity contribution < 1.29 is 9.59 Å². The number of hydrogen-bond donors (Lipinski definition) is 3. The van der Waals surface area contributed by atoms with E-state index in [4.69, 9.17) is 0 Å². The first kappa shape index (κ1) is 14.1. The molecule has 1 aromatic heterocycles. The molecule has 0 aliphatic carbocycles. The fourth-order valence-corrected chi connectivity index (χ4v) is 1.83. The maximum atomic E-state index is 11.9. The molecule has 0 saturated heterocycles. The summed E-state index contributed by atoms with van der Waals surface area (Å²) in [6.45, 7) is 4.65. The van der Waals surface area contributed by atoms with Gasteiger partial charge in [-0.2, -0.15) is 0 Å². The van der Waals surface area contributed by atoms with Crippen LogP contribution in [0.4, 0.5) is 0 Å². The quantitative estimate of drug-likeness (QED) is 0.775. The number of carbonyl (C=O) groups excluding carboxylic acids is 2. The Morgan fingerprint density at radius 3 is 2.75 bits per heavy atom. The Hall–Kier alpha value is -2.30. The van der Waals surface area contributed by atoms with E-state index < -0.39 is 0 Å². The van der Waals surface area contributed by atoms with Crippen molar-refractivity contribution in [3.05, 3.63) is 36.0 Å². The summed E-state index contributed by atoms with van der Waals surface area (Å²) < 4.78 is 0. The smallest absolute Gasteiger partial charge is 0.251 e. The number of benzene rings is 1. The van der Waals surface area contributed by atoms with E-state index in [2.05, 4.69) is 15.6 Å². The second-order valence-electron chi connectivity index (χ2n) is 5.16. The Kier molecular flexibility index (Phi) is 4.40. The Morgan fingerprint density at radius 2 is 2.00 bits per heavy atom. The van der Waals surface area contributed by atoms with Crippen LogP contribution in [0.3, 0.4) is 0 Å². The molecule has 5 nitrogen and oxygen atoms in total. The van der Waals surface area contributed by atoms with Gasteiger partial charge in [-0.05, 0) is 29.5 Å². The van der Waals surface area contributed by atoms with Crippen molar-refractivity contribution >= 4 is 22.7 Å². The van der Waals surface area contributed by atoms with E-state index in [9.17, 15) is 9.59 Å². The van der Waals surface area contributed by atoms with Gasteiger partial charge in [-0.1, -0.05) is 19.9 Å². The van der Waals surface area contributed by atoms with Crippen LogP contribution in [0.5, 0.6) is 0 Å². The van der Waals surface area contributed by atoms with E-state index in [0.29, 0.717) is 18.0 Å². The summed E-state index contributed by atoms with van der Waals surface area (Å²) in [5.74, 6) is -0.0286. The highest BCUT2D eigenvalue weighted by molar-refractivity contribution is 5.99. The number of aromatic amines is 1. The van der Waals surface area contributed by atoms with E-state index in [-0.39, 0.29) is 18.4 Å². The predicted octanol–water partition coefficient (Wildman–Crippen LogP) is 1.67. The van der Waals surface area contributed by atoms with Crippen molar-refractivity contribution in [2.45, 2.75) is 13.8 Å². The minimum Gasteiger partial charge on any atom is -0.361 e. The molecule has 0 saturated carbocycles. The Bertz CT molecular complexity index is 616. The van der Waals surface area contributed by atoms with Crippen molar-refractivity contribution in [1.82, 2.24) is 15.6 Å². The summed E-state index contributed by atoms with van der Waals surface area (Å²) in [5, 5.41) is 6.42. The van der Waals surface area contributed by atoms with E-state index in [1.807, 2.05) is 32.2 Å². The van der Waals surface area contributed by atoms with Crippen LogP contribution >= 0.6 is 0 Å². The zero-order valence-electron chi connectivity index (χ0n) is 11.7. The summed E-state index contributed by atoms with van der Waals surface area (Å²) in [4.78, 5) is 26.5.